The number of ether oxygens (including phenoxy) is 1. The maximum absolute atomic E-state index is 11.9. The van der Waals surface area contributed by atoms with Gasteiger partial charge in [0, 0.05) is 18.4 Å². The van der Waals surface area contributed by atoms with Gasteiger partial charge in [0.2, 0.25) is 0 Å². The quantitative estimate of drug-likeness (QED) is 0.757. The SMILES string of the molecule is C[C@H]1C(O)CCC2C(C3CCC(CO)C=C3C=O)C3CCCCC3OC21. The highest BCUT2D eigenvalue weighted by atomic mass is 16.5. The van der Waals surface area contributed by atoms with Crippen molar-refractivity contribution in [3.63, 3.8) is 0 Å². The molecule has 3 aliphatic carbocycles. The Kier molecular flexibility index (Phi) is 5.54. The summed E-state index contributed by atoms with van der Waals surface area (Å²) in [6, 6.07) is 0. The number of carbonyl (C=O) groups is 1. The van der Waals surface area contributed by atoms with Crippen molar-refractivity contribution < 1.29 is 19.7 Å². The maximum atomic E-state index is 11.9. The molecule has 0 spiro atoms. The molecule has 0 bridgehead atoms. The second kappa shape index (κ2) is 7.73. The summed E-state index contributed by atoms with van der Waals surface area (Å²) < 4.78 is 6.60. The largest absolute Gasteiger partial charge is 0.396 e. The van der Waals surface area contributed by atoms with E-state index in [1.807, 2.05) is 6.08 Å². The van der Waals surface area contributed by atoms with Crippen LogP contribution in [0.1, 0.15) is 58.3 Å². The Labute approximate surface area is 157 Å². The molecule has 0 aromatic rings. The van der Waals surface area contributed by atoms with Crippen LogP contribution in [0.25, 0.3) is 0 Å². The zero-order valence-electron chi connectivity index (χ0n) is 15.9. The van der Waals surface area contributed by atoms with Gasteiger partial charge in [-0.15, -0.1) is 0 Å². The summed E-state index contributed by atoms with van der Waals surface area (Å²) in [7, 11) is 0. The summed E-state index contributed by atoms with van der Waals surface area (Å²) in [4.78, 5) is 11.9. The molecule has 4 rings (SSSR count). The van der Waals surface area contributed by atoms with Gasteiger partial charge >= 0.3 is 0 Å². The normalized spacial score (nSPS) is 48.9. The number of rotatable bonds is 3. The van der Waals surface area contributed by atoms with Crippen LogP contribution in [0.5, 0.6) is 0 Å². The molecule has 26 heavy (non-hydrogen) atoms. The van der Waals surface area contributed by atoms with Gasteiger partial charge in [0.05, 0.1) is 18.3 Å². The summed E-state index contributed by atoms with van der Waals surface area (Å²) in [5.41, 5.74) is 0.920. The molecule has 0 aromatic carbocycles. The molecular formula is C22H34O4. The monoisotopic (exact) mass is 362 g/mol. The number of hydrogen-bond donors (Lipinski definition) is 2. The van der Waals surface area contributed by atoms with Crippen molar-refractivity contribution in [2.24, 2.45) is 35.5 Å². The molecule has 2 saturated carbocycles. The van der Waals surface area contributed by atoms with Crippen LogP contribution < -0.4 is 0 Å². The Morgan fingerprint density at radius 2 is 1.92 bits per heavy atom. The molecule has 4 heteroatoms. The number of aliphatic hydroxyl groups excluding tert-OH is 2. The van der Waals surface area contributed by atoms with Crippen molar-refractivity contribution in [3.05, 3.63) is 11.6 Å². The first kappa shape index (κ1) is 18.6. The lowest BCUT2D eigenvalue weighted by Gasteiger charge is -2.56. The van der Waals surface area contributed by atoms with E-state index in [9.17, 15) is 15.0 Å². The van der Waals surface area contributed by atoms with Crippen molar-refractivity contribution in [2.75, 3.05) is 6.61 Å². The van der Waals surface area contributed by atoms with Gasteiger partial charge in [0.25, 0.3) is 0 Å². The van der Waals surface area contributed by atoms with E-state index in [0.29, 0.717) is 29.8 Å². The van der Waals surface area contributed by atoms with E-state index in [-0.39, 0.29) is 30.7 Å². The summed E-state index contributed by atoms with van der Waals surface area (Å²) >= 11 is 0. The van der Waals surface area contributed by atoms with Gasteiger partial charge in [0.1, 0.15) is 6.29 Å². The predicted molar refractivity (Wildman–Crippen MR) is 99.5 cm³/mol. The average molecular weight is 363 g/mol. The highest BCUT2D eigenvalue weighted by Gasteiger charge is 2.53. The van der Waals surface area contributed by atoms with Gasteiger partial charge in [-0.3, -0.25) is 4.79 Å². The minimum atomic E-state index is -0.261. The Morgan fingerprint density at radius 1 is 1.12 bits per heavy atom. The molecule has 2 N–H and O–H groups in total. The molecule has 1 saturated heterocycles. The van der Waals surface area contributed by atoms with E-state index >= 15 is 0 Å². The third-order valence-corrected chi connectivity index (χ3v) is 7.96. The van der Waals surface area contributed by atoms with Gasteiger partial charge in [-0.1, -0.05) is 25.8 Å². The van der Waals surface area contributed by atoms with Crippen LogP contribution in [0, 0.1) is 35.5 Å². The third kappa shape index (κ3) is 3.18. The fraction of sp³-hybridized carbons (Fsp3) is 0.864. The van der Waals surface area contributed by atoms with E-state index in [1.54, 1.807) is 0 Å². The number of allylic oxidation sites excluding steroid dienone is 1. The lowest BCUT2D eigenvalue weighted by atomic mass is 9.56. The van der Waals surface area contributed by atoms with Gasteiger partial charge in [0.15, 0.2) is 0 Å². The van der Waals surface area contributed by atoms with Crippen molar-refractivity contribution in [2.45, 2.75) is 76.6 Å². The molecule has 0 radical (unpaired) electrons. The molecule has 3 fully saturated rings. The molecule has 4 aliphatic rings. The predicted octanol–water partition coefficient (Wildman–Crippen LogP) is 3.11. The van der Waals surface area contributed by atoms with Crippen LogP contribution >= 0.6 is 0 Å². The third-order valence-electron chi connectivity index (χ3n) is 7.96. The number of fused-ring (bicyclic) bond motifs is 2. The maximum Gasteiger partial charge on any atom is 0.146 e. The standard InChI is InChI=1S/C22H34O4/c1-13-19(25)9-8-18-21(16-7-6-14(11-23)10-15(16)12-24)17-4-2-3-5-20(17)26-22(13)18/h10,12-14,16-23,25H,2-9,11H2,1H3/t13-,14?,16?,17?,18?,19?,20?,21?,22?/m0/s1. The van der Waals surface area contributed by atoms with Crippen LogP contribution in [0.4, 0.5) is 0 Å². The van der Waals surface area contributed by atoms with Crippen molar-refractivity contribution in [1.29, 1.82) is 0 Å². The highest BCUT2D eigenvalue weighted by Crippen LogP contribution is 2.54. The summed E-state index contributed by atoms with van der Waals surface area (Å²) in [6.45, 7) is 2.28. The van der Waals surface area contributed by atoms with Gasteiger partial charge in [-0.2, -0.15) is 0 Å². The van der Waals surface area contributed by atoms with E-state index in [1.165, 1.54) is 19.3 Å². The zero-order valence-corrected chi connectivity index (χ0v) is 15.9. The molecule has 146 valence electrons. The molecule has 0 aromatic heterocycles. The molecule has 0 amide bonds. The van der Waals surface area contributed by atoms with Crippen molar-refractivity contribution >= 4 is 6.29 Å². The number of aldehydes is 1. The lowest BCUT2D eigenvalue weighted by Crippen LogP contribution is -2.57. The molecule has 1 heterocycles. The Balaban J connectivity index is 1.67. The summed E-state index contributed by atoms with van der Waals surface area (Å²) in [6.07, 6.45) is 11.9. The van der Waals surface area contributed by atoms with Crippen molar-refractivity contribution in [1.82, 2.24) is 0 Å². The van der Waals surface area contributed by atoms with Crippen molar-refractivity contribution in [3.8, 4) is 0 Å². The lowest BCUT2D eigenvalue weighted by molar-refractivity contribution is -0.211. The topological polar surface area (TPSA) is 66.8 Å². The van der Waals surface area contributed by atoms with Gasteiger partial charge in [-0.25, -0.2) is 0 Å². The number of hydrogen-bond acceptors (Lipinski definition) is 4. The van der Waals surface area contributed by atoms with Gasteiger partial charge < -0.3 is 14.9 Å². The van der Waals surface area contributed by atoms with E-state index in [2.05, 4.69) is 6.92 Å². The Morgan fingerprint density at radius 3 is 2.69 bits per heavy atom. The van der Waals surface area contributed by atoms with Crippen LogP contribution in [0.2, 0.25) is 0 Å². The zero-order chi connectivity index (χ0) is 18.3. The fourth-order valence-corrected chi connectivity index (χ4v) is 6.61. The second-order valence-corrected chi connectivity index (χ2v) is 9.24. The first-order valence-corrected chi connectivity index (χ1v) is 10.7. The van der Waals surface area contributed by atoms with E-state index in [4.69, 9.17) is 4.74 Å². The van der Waals surface area contributed by atoms with Crippen LogP contribution in [-0.4, -0.2) is 41.4 Å². The molecule has 8 unspecified atom stereocenters. The second-order valence-electron chi connectivity index (χ2n) is 9.24. The minimum Gasteiger partial charge on any atom is -0.396 e. The highest BCUT2D eigenvalue weighted by molar-refractivity contribution is 5.74. The summed E-state index contributed by atoms with van der Waals surface area (Å²) in [5, 5.41) is 19.9. The summed E-state index contributed by atoms with van der Waals surface area (Å²) in [5.74, 6) is 2.11. The van der Waals surface area contributed by atoms with E-state index in [0.717, 1.165) is 44.0 Å². The minimum absolute atomic E-state index is 0.131. The number of aliphatic hydroxyl groups is 2. The smallest absolute Gasteiger partial charge is 0.146 e. The Bertz CT molecular complexity index is 544. The molecule has 9 atom stereocenters. The van der Waals surface area contributed by atoms with E-state index < -0.39 is 0 Å². The van der Waals surface area contributed by atoms with Crippen LogP contribution in [-0.2, 0) is 9.53 Å². The van der Waals surface area contributed by atoms with Crippen LogP contribution in [0.15, 0.2) is 11.6 Å². The fourth-order valence-electron chi connectivity index (χ4n) is 6.61. The molecular weight excluding hydrogens is 328 g/mol. The van der Waals surface area contributed by atoms with Gasteiger partial charge in [-0.05, 0) is 67.8 Å². The molecule has 4 nitrogen and oxygen atoms in total. The first-order chi connectivity index (χ1) is 12.6. The van der Waals surface area contributed by atoms with Crippen LogP contribution in [0.3, 0.4) is 0 Å². The average Bonchev–Trinajstić information content (AvgIpc) is 2.69. The Hall–Kier alpha value is -0.710. The molecule has 1 aliphatic heterocycles. The first-order valence-electron chi connectivity index (χ1n) is 10.7. The number of carbonyl (C=O) groups excluding carboxylic acids is 1.